The lowest BCUT2D eigenvalue weighted by Crippen LogP contribution is -2.57. The first-order valence-electron chi connectivity index (χ1n) is 19.3. The number of hydrogen-bond acceptors (Lipinski definition) is 9. The van der Waals surface area contributed by atoms with Crippen molar-refractivity contribution in [1.82, 2.24) is 20.4 Å². The van der Waals surface area contributed by atoms with Crippen molar-refractivity contribution in [2.45, 2.75) is 83.8 Å². The Morgan fingerprint density at radius 2 is 1.61 bits per heavy atom. The van der Waals surface area contributed by atoms with Gasteiger partial charge in [-0.2, -0.15) is 0 Å². The highest BCUT2D eigenvalue weighted by atomic mass is 19.1. The molecule has 0 radical (unpaired) electrons. The number of carbonyl (C=O) groups excluding carboxylic acids is 6. The number of halogens is 2. The van der Waals surface area contributed by atoms with Gasteiger partial charge in [-0.3, -0.25) is 24.1 Å². The van der Waals surface area contributed by atoms with Gasteiger partial charge in [0.25, 0.3) is 5.91 Å². The van der Waals surface area contributed by atoms with E-state index >= 15 is 0 Å². The summed E-state index contributed by atoms with van der Waals surface area (Å²) in [5.74, 6) is -5.25. The molecule has 59 heavy (non-hydrogen) atoms. The molecule has 15 nitrogen and oxygen atoms in total. The Kier molecular flexibility index (Phi) is 14.6. The number of likely N-dealkylation sites (N-methyl/N-ethyl adjacent to an activating group) is 1. The predicted octanol–water partition coefficient (Wildman–Crippen LogP) is 5.41. The molecule has 1 fully saturated rings. The second-order valence-corrected chi connectivity index (χ2v) is 15.4. The van der Waals surface area contributed by atoms with Gasteiger partial charge >= 0.3 is 12.2 Å². The molecule has 0 aromatic heterocycles. The van der Waals surface area contributed by atoms with Crippen molar-refractivity contribution in [1.29, 1.82) is 0 Å². The van der Waals surface area contributed by atoms with E-state index in [9.17, 15) is 37.5 Å². The maximum Gasteiger partial charge on any atom is 0.410 e. The number of benzene rings is 3. The van der Waals surface area contributed by atoms with E-state index in [1.165, 1.54) is 24.9 Å². The number of hydrogen-bond donors (Lipinski definition) is 4. The third kappa shape index (κ3) is 11.7. The first-order valence-corrected chi connectivity index (χ1v) is 19.3. The number of nitrogens with one attached hydrogen (secondary N) is 4. The summed E-state index contributed by atoms with van der Waals surface area (Å²) in [5, 5.41) is 10.4. The van der Waals surface area contributed by atoms with E-state index in [0.29, 0.717) is 31.6 Å². The van der Waals surface area contributed by atoms with Crippen molar-refractivity contribution in [3.05, 3.63) is 95.1 Å². The van der Waals surface area contributed by atoms with Crippen LogP contribution in [0.25, 0.3) is 0 Å². The molecule has 0 bridgehead atoms. The number of para-hydroxylation sites is 1. The highest BCUT2D eigenvalue weighted by Gasteiger charge is 2.44. The summed E-state index contributed by atoms with van der Waals surface area (Å²) in [6.07, 6.45) is -0.806. The first kappa shape index (κ1) is 44.0. The molecule has 1 saturated heterocycles. The Labute approximate surface area is 341 Å². The van der Waals surface area contributed by atoms with Crippen LogP contribution in [0.1, 0.15) is 69.7 Å². The molecule has 17 heteroatoms. The first-order chi connectivity index (χ1) is 28.0. The maximum atomic E-state index is 14.8. The number of carbonyl (C=O) groups is 6. The highest BCUT2D eigenvalue weighted by molar-refractivity contribution is 6.01. The Balaban J connectivity index is 1.36. The van der Waals surface area contributed by atoms with Gasteiger partial charge in [-0.15, -0.1) is 0 Å². The van der Waals surface area contributed by atoms with Crippen molar-refractivity contribution in [3.63, 3.8) is 0 Å². The standard InChI is InChI=1S/C42H50F2N6O9/c1-25(49(5)41(56)59-42(2,3)4)37(52)47-34(27-17-20-57-21-18-27)39(54)50-23-28-14-15-29(22-30(28)36(50)38(53)48-35-31(43)12-9-13-32(35)44)46-33(51)16-19-45-40(55)58-24-26-10-7-6-8-11-26/h6-15,22,25,27,34,36H,16-21,23-24H2,1-5H3,(H,45,55)(H,46,51)(H,47,52)(H,48,53)/t25-,34?,36-/m0/s1. The smallest absolute Gasteiger partial charge is 0.410 e. The molecule has 1 unspecified atom stereocenters. The normalized spacial score (nSPS) is 16.2. The quantitative estimate of drug-likeness (QED) is 0.175. The highest BCUT2D eigenvalue weighted by Crippen LogP contribution is 2.38. The number of fused-ring (bicyclic) bond motifs is 1. The zero-order valence-electron chi connectivity index (χ0n) is 33.6. The third-order valence-electron chi connectivity index (χ3n) is 9.90. The fourth-order valence-corrected chi connectivity index (χ4v) is 6.64. The van der Waals surface area contributed by atoms with Crippen LogP contribution in [0.4, 0.5) is 29.7 Å². The second kappa shape index (κ2) is 19.6. The van der Waals surface area contributed by atoms with Crippen molar-refractivity contribution >= 4 is 47.2 Å². The van der Waals surface area contributed by atoms with Crippen LogP contribution in [0, 0.1) is 17.6 Å². The van der Waals surface area contributed by atoms with Crippen LogP contribution < -0.4 is 21.3 Å². The SMILES string of the molecule is C[C@@H](C(=O)NC(C(=O)N1Cc2ccc(NC(=O)CCNC(=O)OCc3ccccc3)cc2[C@H]1C(=O)Nc1c(F)cccc1F)C1CCOCC1)N(C)C(=O)OC(C)(C)C. The zero-order valence-corrected chi connectivity index (χ0v) is 33.6. The molecule has 5 rings (SSSR count). The van der Waals surface area contributed by atoms with Crippen LogP contribution in [-0.2, 0) is 46.5 Å². The largest absolute Gasteiger partial charge is 0.445 e. The van der Waals surface area contributed by atoms with Gasteiger partial charge in [-0.25, -0.2) is 18.4 Å². The number of nitrogens with zero attached hydrogens (tertiary/aromatic N) is 2. The van der Waals surface area contributed by atoms with Crippen LogP contribution in [0.3, 0.4) is 0 Å². The average Bonchev–Trinajstić information content (AvgIpc) is 3.58. The molecule has 3 aromatic rings. The molecule has 3 atom stereocenters. The minimum absolute atomic E-state index is 0.0442. The Morgan fingerprint density at radius 1 is 0.932 bits per heavy atom. The van der Waals surface area contributed by atoms with Crippen LogP contribution in [0.5, 0.6) is 0 Å². The monoisotopic (exact) mass is 820 g/mol. The lowest BCUT2D eigenvalue weighted by Gasteiger charge is -2.36. The molecule has 4 N–H and O–H groups in total. The van der Waals surface area contributed by atoms with Gasteiger partial charge in [-0.1, -0.05) is 42.5 Å². The van der Waals surface area contributed by atoms with E-state index in [1.54, 1.807) is 45.0 Å². The van der Waals surface area contributed by atoms with Crippen molar-refractivity contribution in [2.75, 3.05) is 37.4 Å². The molecule has 6 amide bonds. The molecular formula is C42H50F2N6O9. The van der Waals surface area contributed by atoms with Gasteiger partial charge in [-0.05, 0) is 87.4 Å². The summed E-state index contributed by atoms with van der Waals surface area (Å²) < 4.78 is 45.8. The molecule has 316 valence electrons. The van der Waals surface area contributed by atoms with Crippen LogP contribution >= 0.6 is 0 Å². The Bertz CT molecular complexity index is 2000. The van der Waals surface area contributed by atoms with E-state index in [-0.39, 0.29) is 37.4 Å². The summed E-state index contributed by atoms with van der Waals surface area (Å²) in [6.45, 7) is 7.05. The summed E-state index contributed by atoms with van der Waals surface area (Å²) >= 11 is 0. The van der Waals surface area contributed by atoms with Gasteiger partial charge in [0.1, 0.15) is 47.7 Å². The Morgan fingerprint density at radius 3 is 2.27 bits per heavy atom. The van der Waals surface area contributed by atoms with E-state index < -0.39 is 82.8 Å². The van der Waals surface area contributed by atoms with Crippen molar-refractivity contribution in [2.24, 2.45) is 5.92 Å². The van der Waals surface area contributed by atoms with Crippen molar-refractivity contribution in [3.8, 4) is 0 Å². The number of anilines is 2. The molecule has 0 aliphatic carbocycles. The van der Waals surface area contributed by atoms with E-state index in [0.717, 1.165) is 28.7 Å². The molecule has 0 spiro atoms. The zero-order chi connectivity index (χ0) is 42.9. The number of alkyl carbamates (subject to hydrolysis) is 1. The van der Waals surface area contributed by atoms with Gasteiger partial charge in [0.15, 0.2) is 0 Å². The van der Waals surface area contributed by atoms with E-state index in [2.05, 4.69) is 21.3 Å². The lowest BCUT2D eigenvalue weighted by atomic mass is 9.90. The number of ether oxygens (including phenoxy) is 3. The third-order valence-corrected chi connectivity index (χ3v) is 9.90. The summed E-state index contributed by atoms with van der Waals surface area (Å²) in [6, 6.07) is 13.1. The fourth-order valence-electron chi connectivity index (χ4n) is 6.64. The summed E-state index contributed by atoms with van der Waals surface area (Å²) in [5.41, 5.74) is 0.270. The number of rotatable bonds is 13. The molecule has 3 aromatic carbocycles. The Hall–Kier alpha value is -6.10. The predicted molar refractivity (Wildman–Crippen MR) is 212 cm³/mol. The van der Waals surface area contributed by atoms with Crippen LogP contribution in [0.2, 0.25) is 0 Å². The second-order valence-electron chi connectivity index (χ2n) is 15.4. The lowest BCUT2D eigenvalue weighted by molar-refractivity contribution is -0.144. The molecule has 2 heterocycles. The van der Waals surface area contributed by atoms with Gasteiger partial charge in [0.2, 0.25) is 17.7 Å². The molecule has 0 saturated carbocycles. The van der Waals surface area contributed by atoms with Gasteiger partial charge < -0.3 is 40.4 Å². The molecular weight excluding hydrogens is 770 g/mol. The van der Waals surface area contributed by atoms with Crippen LogP contribution in [0.15, 0.2) is 66.7 Å². The van der Waals surface area contributed by atoms with Crippen LogP contribution in [-0.4, -0.2) is 90.1 Å². The van der Waals surface area contributed by atoms with E-state index in [4.69, 9.17) is 14.2 Å². The summed E-state index contributed by atoms with van der Waals surface area (Å²) in [7, 11) is 1.40. The fraction of sp³-hybridized carbons (Fsp3) is 0.429. The topological polar surface area (TPSA) is 185 Å². The molecule has 2 aliphatic rings. The van der Waals surface area contributed by atoms with Gasteiger partial charge in [0, 0.05) is 45.5 Å². The van der Waals surface area contributed by atoms with Crippen molar-refractivity contribution < 1.29 is 51.8 Å². The minimum atomic E-state index is -1.46. The average molecular weight is 821 g/mol. The molecule has 2 aliphatic heterocycles. The maximum absolute atomic E-state index is 14.8. The van der Waals surface area contributed by atoms with E-state index in [1.807, 2.05) is 18.2 Å². The number of amides is 6. The van der Waals surface area contributed by atoms with Gasteiger partial charge in [0.05, 0.1) is 0 Å². The summed E-state index contributed by atoms with van der Waals surface area (Å²) in [4.78, 5) is 82.9. The minimum Gasteiger partial charge on any atom is -0.445 e.